The van der Waals surface area contributed by atoms with Gasteiger partial charge in [-0.1, -0.05) is 24.3 Å². The first-order chi connectivity index (χ1) is 14.1. The molecule has 3 rings (SSSR count). The molecule has 0 radical (unpaired) electrons. The second kappa shape index (κ2) is 8.57. The number of halogens is 1. The fourth-order valence-corrected chi connectivity index (χ4v) is 3.14. The Balaban J connectivity index is 1.85. The molecule has 1 atom stereocenters. The maximum atomic E-state index is 13.9. The number of H-pyrrole nitrogens is 1. The zero-order chi connectivity index (χ0) is 21.9. The number of carbonyl (C=O) groups is 2. The van der Waals surface area contributed by atoms with E-state index < -0.39 is 29.5 Å². The van der Waals surface area contributed by atoms with E-state index in [9.17, 15) is 14.0 Å². The number of fused-ring (bicyclic) bond motifs is 1. The molecule has 158 valence electrons. The van der Waals surface area contributed by atoms with Crippen LogP contribution in [0.3, 0.4) is 0 Å². The zero-order valence-electron chi connectivity index (χ0n) is 17.5. The SMILES string of the molecule is Cc1c(F)cccc1NC(=O)[C@H](Cc1c[nH]c2ccccc12)NC(=O)OC(C)(C)C. The molecule has 3 N–H and O–H groups in total. The van der Waals surface area contributed by atoms with Crippen LogP contribution in [0.4, 0.5) is 14.9 Å². The van der Waals surface area contributed by atoms with Crippen LogP contribution in [-0.2, 0) is 16.0 Å². The smallest absolute Gasteiger partial charge is 0.408 e. The van der Waals surface area contributed by atoms with Gasteiger partial charge in [0, 0.05) is 34.8 Å². The molecule has 1 aromatic heterocycles. The van der Waals surface area contributed by atoms with Gasteiger partial charge in [0.2, 0.25) is 5.91 Å². The van der Waals surface area contributed by atoms with Crippen LogP contribution in [0, 0.1) is 12.7 Å². The van der Waals surface area contributed by atoms with Gasteiger partial charge < -0.3 is 20.4 Å². The maximum absolute atomic E-state index is 13.9. The minimum atomic E-state index is -0.915. The van der Waals surface area contributed by atoms with Crippen molar-refractivity contribution in [2.75, 3.05) is 5.32 Å². The van der Waals surface area contributed by atoms with Gasteiger partial charge >= 0.3 is 6.09 Å². The van der Waals surface area contributed by atoms with E-state index in [-0.39, 0.29) is 6.42 Å². The van der Waals surface area contributed by atoms with Gasteiger partial charge in [0.25, 0.3) is 0 Å². The molecule has 30 heavy (non-hydrogen) atoms. The monoisotopic (exact) mass is 411 g/mol. The molecule has 0 unspecified atom stereocenters. The Labute approximate surface area is 174 Å². The molecule has 3 aromatic rings. The van der Waals surface area contributed by atoms with Crippen LogP contribution in [0.25, 0.3) is 10.9 Å². The summed E-state index contributed by atoms with van der Waals surface area (Å²) in [5, 5.41) is 6.33. The van der Waals surface area contributed by atoms with Gasteiger partial charge in [-0.25, -0.2) is 9.18 Å². The molecule has 0 aliphatic carbocycles. The molecule has 6 nitrogen and oxygen atoms in total. The molecule has 0 bridgehead atoms. The van der Waals surface area contributed by atoms with Gasteiger partial charge in [0.05, 0.1) is 0 Å². The van der Waals surface area contributed by atoms with Crippen molar-refractivity contribution < 1.29 is 18.7 Å². The largest absolute Gasteiger partial charge is 0.444 e. The van der Waals surface area contributed by atoms with Gasteiger partial charge in [0.1, 0.15) is 17.5 Å². The molecule has 0 aliphatic heterocycles. The first kappa shape index (κ1) is 21.4. The summed E-state index contributed by atoms with van der Waals surface area (Å²) in [4.78, 5) is 28.5. The molecule has 0 fully saturated rings. The number of aromatic amines is 1. The van der Waals surface area contributed by atoms with Crippen molar-refractivity contribution in [1.29, 1.82) is 0 Å². The highest BCUT2D eigenvalue weighted by atomic mass is 19.1. The average Bonchev–Trinajstić information content (AvgIpc) is 3.06. The maximum Gasteiger partial charge on any atom is 0.408 e. The van der Waals surface area contributed by atoms with Crippen LogP contribution >= 0.6 is 0 Å². The third kappa shape index (κ3) is 5.17. The van der Waals surface area contributed by atoms with E-state index in [0.717, 1.165) is 16.5 Å². The Morgan fingerprint density at radius 1 is 1.13 bits per heavy atom. The lowest BCUT2D eigenvalue weighted by molar-refractivity contribution is -0.118. The highest BCUT2D eigenvalue weighted by Crippen LogP contribution is 2.21. The summed E-state index contributed by atoms with van der Waals surface area (Å²) in [6.45, 7) is 6.83. The zero-order valence-corrected chi connectivity index (χ0v) is 17.5. The number of hydrogen-bond acceptors (Lipinski definition) is 3. The van der Waals surface area contributed by atoms with E-state index >= 15 is 0 Å². The predicted molar refractivity (Wildman–Crippen MR) is 115 cm³/mol. The van der Waals surface area contributed by atoms with Gasteiger partial charge in [-0.15, -0.1) is 0 Å². The minimum absolute atomic E-state index is 0.240. The molecule has 0 aliphatic rings. The number of alkyl carbamates (subject to hydrolysis) is 1. The van der Waals surface area contributed by atoms with Gasteiger partial charge in [-0.2, -0.15) is 0 Å². The fourth-order valence-electron chi connectivity index (χ4n) is 3.14. The molecule has 1 heterocycles. The summed E-state index contributed by atoms with van der Waals surface area (Å²) in [6.07, 6.45) is 1.36. The van der Waals surface area contributed by atoms with Crippen LogP contribution in [0.5, 0.6) is 0 Å². The summed E-state index contributed by atoms with van der Waals surface area (Å²) in [5.41, 5.74) is 1.79. The third-order valence-electron chi connectivity index (χ3n) is 4.63. The molecule has 2 aromatic carbocycles. The van der Waals surface area contributed by atoms with Crippen molar-refractivity contribution in [3.8, 4) is 0 Å². The van der Waals surface area contributed by atoms with Crippen molar-refractivity contribution in [1.82, 2.24) is 10.3 Å². The first-order valence-corrected chi connectivity index (χ1v) is 9.74. The number of benzene rings is 2. The van der Waals surface area contributed by atoms with E-state index in [1.807, 2.05) is 30.5 Å². The molecule has 0 saturated heterocycles. The second-order valence-corrected chi connectivity index (χ2v) is 8.16. The number of para-hydroxylation sites is 1. The Hall–Kier alpha value is -3.35. The normalized spacial score (nSPS) is 12.4. The van der Waals surface area contributed by atoms with Crippen molar-refractivity contribution in [3.05, 3.63) is 65.6 Å². The van der Waals surface area contributed by atoms with Crippen LogP contribution in [0.15, 0.2) is 48.7 Å². The average molecular weight is 411 g/mol. The van der Waals surface area contributed by atoms with Gasteiger partial charge in [-0.3, -0.25) is 4.79 Å². The lowest BCUT2D eigenvalue weighted by atomic mass is 10.0. The molecular weight excluding hydrogens is 385 g/mol. The van der Waals surface area contributed by atoms with E-state index in [0.29, 0.717) is 11.3 Å². The summed E-state index contributed by atoms with van der Waals surface area (Å²) in [6, 6.07) is 11.3. The molecular formula is C23H26FN3O3. The number of anilines is 1. The lowest BCUT2D eigenvalue weighted by Crippen LogP contribution is -2.47. The predicted octanol–water partition coefficient (Wildman–Crippen LogP) is 4.69. The molecule has 2 amide bonds. The quantitative estimate of drug-likeness (QED) is 0.570. The lowest BCUT2D eigenvalue weighted by Gasteiger charge is -2.23. The Morgan fingerprint density at radius 3 is 2.60 bits per heavy atom. The highest BCUT2D eigenvalue weighted by molar-refractivity contribution is 5.98. The van der Waals surface area contributed by atoms with Crippen LogP contribution in [0.2, 0.25) is 0 Å². The summed E-state index contributed by atoms with van der Waals surface area (Å²) in [7, 11) is 0. The van der Waals surface area contributed by atoms with Crippen LogP contribution < -0.4 is 10.6 Å². The summed E-state index contributed by atoms with van der Waals surface area (Å²) < 4.78 is 19.2. The van der Waals surface area contributed by atoms with Crippen molar-refractivity contribution in [2.24, 2.45) is 0 Å². The van der Waals surface area contributed by atoms with Gasteiger partial charge in [-0.05, 0) is 51.5 Å². The number of rotatable bonds is 5. The Kier molecular flexibility index (Phi) is 6.10. The number of carbonyl (C=O) groups excluding carboxylic acids is 2. The van der Waals surface area contributed by atoms with E-state index in [2.05, 4.69) is 15.6 Å². The standard InChI is InChI=1S/C23H26FN3O3/c1-14-17(24)9-7-11-18(14)26-21(28)20(27-22(29)30-23(2,3)4)12-15-13-25-19-10-6-5-8-16(15)19/h5-11,13,20,25H,12H2,1-4H3,(H,26,28)(H,27,29)/t20-/m0/s1. The Bertz CT molecular complexity index is 1070. The number of amides is 2. The fraction of sp³-hybridized carbons (Fsp3) is 0.304. The minimum Gasteiger partial charge on any atom is -0.444 e. The Morgan fingerprint density at radius 2 is 1.87 bits per heavy atom. The summed E-state index contributed by atoms with van der Waals surface area (Å²) in [5.74, 6) is -0.874. The van der Waals surface area contributed by atoms with Gasteiger partial charge in [0.15, 0.2) is 0 Å². The van der Waals surface area contributed by atoms with Crippen LogP contribution in [0.1, 0.15) is 31.9 Å². The number of hydrogen-bond donors (Lipinski definition) is 3. The molecule has 0 saturated carbocycles. The molecule has 7 heteroatoms. The van der Waals surface area contributed by atoms with Crippen molar-refractivity contribution in [3.63, 3.8) is 0 Å². The highest BCUT2D eigenvalue weighted by Gasteiger charge is 2.26. The number of aromatic nitrogens is 1. The van der Waals surface area contributed by atoms with E-state index in [1.165, 1.54) is 12.1 Å². The van der Waals surface area contributed by atoms with E-state index in [4.69, 9.17) is 4.74 Å². The topological polar surface area (TPSA) is 83.2 Å². The molecule has 0 spiro atoms. The van der Waals surface area contributed by atoms with Crippen LogP contribution in [-0.4, -0.2) is 28.6 Å². The summed E-state index contributed by atoms with van der Waals surface area (Å²) >= 11 is 0. The third-order valence-corrected chi connectivity index (χ3v) is 4.63. The van der Waals surface area contributed by atoms with Crippen molar-refractivity contribution >= 4 is 28.6 Å². The number of ether oxygens (including phenoxy) is 1. The second-order valence-electron chi connectivity index (χ2n) is 8.16. The van der Waals surface area contributed by atoms with Crippen molar-refractivity contribution in [2.45, 2.75) is 45.8 Å². The van der Waals surface area contributed by atoms with E-state index in [1.54, 1.807) is 33.8 Å². The number of nitrogens with one attached hydrogen (secondary N) is 3. The first-order valence-electron chi connectivity index (χ1n) is 9.74.